The molecule has 2 rings (SSSR count). The van der Waals surface area contributed by atoms with Gasteiger partial charge in [0.1, 0.15) is 5.82 Å². The van der Waals surface area contributed by atoms with Crippen molar-refractivity contribution < 1.29 is 13.9 Å². The molecule has 4 nitrogen and oxygen atoms in total. The molecule has 0 bridgehead atoms. The molecule has 21 heavy (non-hydrogen) atoms. The van der Waals surface area contributed by atoms with E-state index in [2.05, 4.69) is 11.8 Å². The molecule has 1 aromatic rings. The van der Waals surface area contributed by atoms with Gasteiger partial charge in [-0.1, -0.05) is 0 Å². The summed E-state index contributed by atoms with van der Waals surface area (Å²) in [5.41, 5.74) is 1.07. The number of hydrogen-bond donors (Lipinski definition) is 0. The van der Waals surface area contributed by atoms with Crippen molar-refractivity contribution in [2.24, 2.45) is 0 Å². The van der Waals surface area contributed by atoms with Crippen molar-refractivity contribution in [3.63, 3.8) is 0 Å². The standard InChI is InChI=1S/C16H23FN2O2/c1-12-10-14(4-5-15(12)17)16(20)19-8-6-18(7-9-19)13(2)11-21-3/h4-5,10,13H,6-9,11H2,1-3H3. The number of methoxy groups -OCH3 is 1. The van der Waals surface area contributed by atoms with Gasteiger partial charge >= 0.3 is 0 Å². The van der Waals surface area contributed by atoms with Crippen LogP contribution in [0.3, 0.4) is 0 Å². The first kappa shape index (κ1) is 15.9. The second-order valence-electron chi connectivity index (χ2n) is 5.60. The van der Waals surface area contributed by atoms with Crippen LogP contribution in [0.1, 0.15) is 22.8 Å². The molecule has 1 aliphatic rings. The molecule has 1 fully saturated rings. The molecule has 0 N–H and O–H groups in total. The fourth-order valence-corrected chi connectivity index (χ4v) is 2.67. The van der Waals surface area contributed by atoms with Gasteiger partial charge in [-0.3, -0.25) is 9.69 Å². The number of benzene rings is 1. The first-order valence-corrected chi connectivity index (χ1v) is 7.31. The summed E-state index contributed by atoms with van der Waals surface area (Å²) in [6, 6.07) is 4.90. The van der Waals surface area contributed by atoms with Crippen LogP contribution >= 0.6 is 0 Å². The number of carbonyl (C=O) groups is 1. The molecule has 0 spiro atoms. The first-order chi connectivity index (χ1) is 10.0. The van der Waals surface area contributed by atoms with Crippen LogP contribution in [0.2, 0.25) is 0 Å². The Balaban J connectivity index is 1.95. The summed E-state index contributed by atoms with van der Waals surface area (Å²) in [4.78, 5) is 16.6. The smallest absolute Gasteiger partial charge is 0.253 e. The van der Waals surface area contributed by atoms with E-state index in [4.69, 9.17) is 4.74 Å². The summed E-state index contributed by atoms with van der Waals surface area (Å²) < 4.78 is 18.4. The molecular weight excluding hydrogens is 271 g/mol. The molecule has 1 amide bonds. The topological polar surface area (TPSA) is 32.8 Å². The highest BCUT2D eigenvalue weighted by Gasteiger charge is 2.24. The minimum atomic E-state index is -0.273. The number of halogens is 1. The van der Waals surface area contributed by atoms with Crippen molar-refractivity contribution >= 4 is 5.91 Å². The minimum Gasteiger partial charge on any atom is -0.383 e. The molecule has 1 aliphatic heterocycles. The summed E-state index contributed by atoms with van der Waals surface area (Å²) in [6.07, 6.45) is 0. The van der Waals surface area contributed by atoms with Gasteiger partial charge in [0, 0.05) is 44.9 Å². The maximum absolute atomic E-state index is 13.3. The Bertz CT molecular complexity index is 499. The fourth-order valence-electron chi connectivity index (χ4n) is 2.67. The van der Waals surface area contributed by atoms with E-state index in [9.17, 15) is 9.18 Å². The summed E-state index contributed by atoms with van der Waals surface area (Å²) in [7, 11) is 1.70. The van der Waals surface area contributed by atoms with Crippen LogP contribution in [-0.2, 0) is 4.74 Å². The van der Waals surface area contributed by atoms with Crippen molar-refractivity contribution in [1.82, 2.24) is 9.80 Å². The van der Waals surface area contributed by atoms with Gasteiger partial charge in [-0.15, -0.1) is 0 Å². The van der Waals surface area contributed by atoms with Gasteiger partial charge < -0.3 is 9.64 Å². The molecule has 1 aromatic carbocycles. The van der Waals surface area contributed by atoms with E-state index >= 15 is 0 Å². The second-order valence-corrected chi connectivity index (χ2v) is 5.60. The van der Waals surface area contributed by atoms with Gasteiger partial charge in [-0.25, -0.2) is 4.39 Å². The third-order valence-corrected chi connectivity index (χ3v) is 4.04. The average Bonchev–Trinajstić information content (AvgIpc) is 2.50. The second kappa shape index (κ2) is 7.00. The van der Waals surface area contributed by atoms with Gasteiger partial charge in [0.25, 0.3) is 5.91 Å². The van der Waals surface area contributed by atoms with E-state index in [0.717, 1.165) is 13.1 Å². The molecule has 1 saturated heterocycles. The number of nitrogens with zero attached hydrogens (tertiary/aromatic N) is 2. The van der Waals surface area contributed by atoms with Crippen LogP contribution in [0, 0.1) is 12.7 Å². The number of hydrogen-bond acceptors (Lipinski definition) is 3. The lowest BCUT2D eigenvalue weighted by Crippen LogP contribution is -2.52. The van der Waals surface area contributed by atoms with E-state index in [1.165, 1.54) is 6.07 Å². The fraction of sp³-hybridized carbons (Fsp3) is 0.562. The Morgan fingerprint density at radius 2 is 2.00 bits per heavy atom. The average molecular weight is 294 g/mol. The normalized spacial score (nSPS) is 17.8. The first-order valence-electron chi connectivity index (χ1n) is 7.31. The van der Waals surface area contributed by atoms with Crippen LogP contribution in [0.15, 0.2) is 18.2 Å². The number of amides is 1. The molecule has 1 unspecified atom stereocenters. The lowest BCUT2D eigenvalue weighted by molar-refractivity contribution is 0.0449. The minimum absolute atomic E-state index is 0.0165. The highest BCUT2D eigenvalue weighted by Crippen LogP contribution is 2.14. The molecule has 1 heterocycles. The van der Waals surface area contributed by atoms with E-state index in [1.54, 1.807) is 26.2 Å². The summed E-state index contributed by atoms with van der Waals surface area (Å²) in [5, 5.41) is 0. The predicted octanol–water partition coefficient (Wildman–Crippen LogP) is 1.93. The van der Waals surface area contributed by atoms with Gasteiger partial charge in [0.05, 0.1) is 6.61 Å². The Morgan fingerprint density at radius 3 is 2.57 bits per heavy atom. The highest BCUT2D eigenvalue weighted by molar-refractivity contribution is 5.94. The van der Waals surface area contributed by atoms with Crippen LogP contribution < -0.4 is 0 Å². The Labute approximate surface area is 125 Å². The Kier molecular flexibility index (Phi) is 5.31. The lowest BCUT2D eigenvalue weighted by Gasteiger charge is -2.37. The van der Waals surface area contributed by atoms with E-state index < -0.39 is 0 Å². The number of ether oxygens (including phenoxy) is 1. The zero-order valence-electron chi connectivity index (χ0n) is 12.9. The quantitative estimate of drug-likeness (QED) is 0.850. The number of carbonyl (C=O) groups excluding carboxylic acids is 1. The lowest BCUT2D eigenvalue weighted by atomic mass is 10.1. The predicted molar refractivity (Wildman–Crippen MR) is 80.0 cm³/mol. The largest absolute Gasteiger partial charge is 0.383 e. The van der Waals surface area contributed by atoms with Crippen LogP contribution in [-0.4, -0.2) is 61.6 Å². The number of piperazine rings is 1. The Morgan fingerprint density at radius 1 is 1.33 bits per heavy atom. The zero-order chi connectivity index (χ0) is 15.4. The summed E-state index contributed by atoms with van der Waals surface area (Å²) in [6.45, 7) is 7.59. The van der Waals surface area contributed by atoms with Crippen LogP contribution in [0.25, 0.3) is 0 Å². The monoisotopic (exact) mass is 294 g/mol. The molecule has 1 atom stereocenters. The van der Waals surface area contributed by atoms with Gasteiger partial charge in [-0.05, 0) is 37.6 Å². The molecule has 0 saturated carbocycles. The van der Waals surface area contributed by atoms with E-state index in [1.807, 2.05) is 4.90 Å². The molecule has 0 aromatic heterocycles. The Hall–Kier alpha value is -1.46. The summed E-state index contributed by atoms with van der Waals surface area (Å²) >= 11 is 0. The van der Waals surface area contributed by atoms with Gasteiger partial charge in [0.2, 0.25) is 0 Å². The van der Waals surface area contributed by atoms with Gasteiger partial charge in [0.15, 0.2) is 0 Å². The van der Waals surface area contributed by atoms with Crippen molar-refractivity contribution in [1.29, 1.82) is 0 Å². The number of aryl methyl sites for hydroxylation is 1. The van der Waals surface area contributed by atoms with Crippen molar-refractivity contribution in [2.75, 3.05) is 39.9 Å². The van der Waals surface area contributed by atoms with Gasteiger partial charge in [-0.2, -0.15) is 0 Å². The van der Waals surface area contributed by atoms with Crippen molar-refractivity contribution in [2.45, 2.75) is 19.9 Å². The highest BCUT2D eigenvalue weighted by atomic mass is 19.1. The van der Waals surface area contributed by atoms with Crippen LogP contribution in [0.5, 0.6) is 0 Å². The molecule has 0 radical (unpaired) electrons. The third kappa shape index (κ3) is 3.80. The van der Waals surface area contributed by atoms with Crippen molar-refractivity contribution in [3.8, 4) is 0 Å². The maximum atomic E-state index is 13.3. The molecule has 5 heteroatoms. The molecular formula is C16H23FN2O2. The third-order valence-electron chi connectivity index (χ3n) is 4.04. The van der Waals surface area contributed by atoms with Crippen molar-refractivity contribution in [3.05, 3.63) is 35.1 Å². The summed E-state index contributed by atoms with van der Waals surface area (Å²) in [5.74, 6) is -0.290. The van der Waals surface area contributed by atoms with E-state index in [0.29, 0.717) is 36.9 Å². The molecule has 0 aliphatic carbocycles. The van der Waals surface area contributed by atoms with Crippen LogP contribution in [0.4, 0.5) is 4.39 Å². The zero-order valence-corrected chi connectivity index (χ0v) is 12.9. The molecule has 116 valence electrons. The van der Waals surface area contributed by atoms with E-state index in [-0.39, 0.29) is 11.7 Å². The maximum Gasteiger partial charge on any atom is 0.253 e. The number of rotatable bonds is 4. The SMILES string of the molecule is COCC(C)N1CCN(C(=O)c2ccc(F)c(C)c2)CC1.